The van der Waals surface area contributed by atoms with Gasteiger partial charge in [-0.25, -0.2) is 4.98 Å². The van der Waals surface area contributed by atoms with E-state index < -0.39 is 0 Å². The first-order valence-electron chi connectivity index (χ1n) is 7.03. The second kappa shape index (κ2) is 7.08. The van der Waals surface area contributed by atoms with Gasteiger partial charge in [0.2, 0.25) is 10.1 Å². The number of halogens is 1. The Morgan fingerprint density at radius 2 is 2.13 bits per heavy atom. The molecule has 0 saturated heterocycles. The quantitative estimate of drug-likeness (QED) is 0.740. The number of aromatic nitrogens is 3. The molecule has 0 radical (unpaired) electrons. The summed E-state index contributed by atoms with van der Waals surface area (Å²) in [6.45, 7) is 0.601. The van der Waals surface area contributed by atoms with Crippen molar-refractivity contribution in [3.05, 3.63) is 57.5 Å². The maximum atomic E-state index is 11.8. The standard InChI is InChI=1S/C15H15ClN4O2S/c1-22-9-7-12(10-2-4-11(16)5-3-10)18-14-19-20-13(21)6-8-17-15(20)23-14/h2-6,8,12H,7,9H2,1H3,(H,18,19). The van der Waals surface area contributed by atoms with Crippen LogP contribution in [0.3, 0.4) is 0 Å². The van der Waals surface area contributed by atoms with Gasteiger partial charge in [0.1, 0.15) is 0 Å². The fourth-order valence-corrected chi connectivity index (χ4v) is 3.16. The fraction of sp³-hybridized carbons (Fsp3) is 0.267. The Balaban J connectivity index is 1.88. The smallest absolute Gasteiger partial charge is 0.275 e. The average molecular weight is 351 g/mol. The van der Waals surface area contributed by atoms with E-state index in [-0.39, 0.29) is 11.6 Å². The van der Waals surface area contributed by atoms with Gasteiger partial charge >= 0.3 is 0 Å². The van der Waals surface area contributed by atoms with Crippen LogP contribution in [0.4, 0.5) is 5.13 Å². The van der Waals surface area contributed by atoms with Crippen LogP contribution in [-0.2, 0) is 4.74 Å². The third-order valence-corrected chi connectivity index (χ3v) is 4.46. The number of nitrogens with zero attached hydrogens (tertiary/aromatic N) is 3. The number of ether oxygens (including phenoxy) is 1. The summed E-state index contributed by atoms with van der Waals surface area (Å²) in [5.41, 5.74) is 0.880. The number of benzene rings is 1. The van der Waals surface area contributed by atoms with Crippen molar-refractivity contribution in [3.63, 3.8) is 0 Å². The molecule has 3 rings (SSSR count). The van der Waals surface area contributed by atoms with Crippen molar-refractivity contribution in [3.8, 4) is 0 Å². The van der Waals surface area contributed by atoms with Crippen LogP contribution in [0.5, 0.6) is 0 Å². The first-order valence-corrected chi connectivity index (χ1v) is 8.22. The number of anilines is 1. The van der Waals surface area contributed by atoms with Crippen LogP contribution in [0.2, 0.25) is 5.02 Å². The molecule has 1 aromatic carbocycles. The molecule has 0 fully saturated rings. The van der Waals surface area contributed by atoms with Crippen molar-refractivity contribution in [1.29, 1.82) is 0 Å². The maximum Gasteiger partial charge on any atom is 0.275 e. The summed E-state index contributed by atoms with van der Waals surface area (Å²) >= 11 is 7.28. The molecule has 0 bridgehead atoms. The van der Waals surface area contributed by atoms with E-state index in [0.29, 0.717) is 21.7 Å². The summed E-state index contributed by atoms with van der Waals surface area (Å²) in [5.74, 6) is 0. The zero-order chi connectivity index (χ0) is 16.2. The third kappa shape index (κ3) is 3.69. The molecule has 0 aliphatic carbocycles. The minimum Gasteiger partial charge on any atom is -0.385 e. The van der Waals surface area contributed by atoms with E-state index in [1.54, 1.807) is 7.11 Å². The Kier molecular flexibility index (Phi) is 4.90. The zero-order valence-corrected chi connectivity index (χ0v) is 14.0. The van der Waals surface area contributed by atoms with Crippen molar-refractivity contribution in [2.75, 3.05) is 19.0 Å². The highest BCUT2D eigenvalue weighted by atomic mass is 35.5. The molecule has 23 heavy (non-hydrogen) atoms. The highest BCUT2D eigenvalue weighted by Crippen LogP contribution is 2.26. The molecule has 8 heteroatoms. The normalized spacial score (nSPS) is 12.4. The summed E-state index contributed by atoms with van der Waals surface area (Å²) in [7, 11) is 1.67. The number of nitrogens with one attached hydrogen (secondary N) is 1. The summed E-state index contributed by atoms with van der Waals surface area (Å²) in [5, 5.41) is 8.96. The van der Waals surface area contributed by atoms with Gasteiger partial charge in [0.05, 0.1) is 6.04 Å². The number of methoxy groups -OCH3 is 1. The molecule has 0 aliphatic rings. The SMILES string of the molecule is COCCC(Nc1nn2c(=O)ccnc2s1)c1ccc(Cl)cc1. The van der Waals surface area contributed by atoms with Gasteiger partial charge in [-0.3, -0.25) is 4.79 Å². The monoisotopic (exact) mass is 350 g/mol. The van der Waals surface area contributed by atoms with Crippen LogP contribution in [0.25, 0.3) is 4.96 Å². The molecule has 0 saturated carbocycles. The lowest BCUT2D eigenvalue weighted by atomic mass is 10.0. The molecule has 6 nitrogen and oxygen atoms in total. The van der Waals surface area contributed by atoms with Crippen LogP contribution in [0.1, 0.15) is 18.0 Å². The van der Waals surface area contributed by atoms with Crippen LogP contribution in [0.15, 0.2) is 41.3 Å². The second-order valence-electron chi connectivity index (χ2n) is 4.91. The topological polar surface area (TPSA) is 68.5 Å². The lowest BCUT2D eigenvalue weighted by Crippen LogP contribution is -2.15. The van der Waals surface area contributed by atoms with Crippen molar-refractivity contribution in [2.24, 2.45) is 0 Å². The number of rotatable bonds is 6. The predicted molar refractivity (Wildman–Crippen MR) is 91.4 cm³/mol. The molecular weight excluding hydrogens is 336 g/mol. The van der Waals surface area contributed by atoms with Gasteiger partial charge in [-0.2, -0.15) is 4.52 Å². The number of hydrogen-bond acceptors (Lipinski definition) is 6. The average Bonchev–Trinajstić information content (AvgIpc) is 2.96. The summed E-state index contributed by atoms with van der Waals surface area (Å²) in [6, 6.07) is 9.02. The van der Waals surface area contributed by atoms with Crippen molar-refractivity contribution >= 4 is 33.0 Å². The molecule has 2 heterocycles. The highest BCUT2D eigenvalue weighted by molar-refractivity contribution is 7.20. The first kappa shape index (κ1) is 15.9. The number of fused-ring (bicyclic) bond motifs is 1. The number of hydrogen-bond donors (Lipinski definition) is 1. The third-order valence-electron chi connectivity index (χ3n) is 3.35. The zero-order valence-electron chi connectivity index (χ0n) is 12.4. The van der Waals surface area contributed by atoms with Crippen LogP contribution in [-0.4, -0.2) is 28.3 Å². The Hall–Kier alpha value is -1.96. The van der Waals surface area contributed by atoms with Crippen LogP contribution >= 0.6 is 22.9 Å². The molecule has 1 N–H and O–H groups in total. The largest absolute Gasteiger partial charge is 0.385 e. The van der Waals surface area contributed by atoms with Crippen molar-refractivity contribution < 1.29 is 4.74 Å². The minimum atomic E-state index is -0.195. The van der Waals surface area contributed by atoms with Crippen LogP contribution in [0, 0.1) is 0 Å². The summed E-state index contributed by atoms with van der Waals surface area (Å²) < 4.78 is 6.48. The van der Waals surface area contributed by atoms with E-state index in [1.165, 1.54) is 28.1 Å². The van der Waals surface area contributed by atoms with Crippen molar-refractivity contribution in [1.82, 2.24) is 14.6 Å². The van der Waals surface area contributed by atoms with E-state index >= 15 is 0 Å². The molecular formula is C15H15ClN4O2S. The summed E-state index contributed by atoms with van der Waals surface area (Å²) in [6.07, 6.45) is 2.25. The highest BCUT2D eigenvalue weighted by Gasteiger charge is 2.14. The molecule has 1 atom stereocenters. The van der Waals surface area contributed by atoms with Gasteiger partial charge in [0.15, 0.2) is 0 Å². The lowest BCUT2D eigenvalue weighted by Gasteiger charge is -2.18. The van der Waals surface area contributed by atoms with Gasteiger partial charge in [-0.1, -0.05) is 35.1 Å². The van der Waals surface area contributed by atoms with Crippen LogP contribution < -0.4 is 10.9 Å². The van der Waals surface area contributed by atoms with Gasteiger partial charge in [0, 0.05) is 31.0 Å². The molecule has 1 unspecified atom stereocenters. The van der Waals surface area contributed by atoms with E-state index in [2.05, 4.69) is 15.4 Å². The summed E-state index contributed by atoms with van der Waals surface area (Å²) in [4.78, 5) is 16.5. The molecule has 0 aliphatic heterocycles. The van der Waals surface area contributed by atoms with E-state index in [1.807, 2.05) is 24.3 Å². The van der Waals surface area contributed by atoms with Crippen molar-refractivity contribution in [2.45, 2.75) is 12.5 Å². The van der Waals surface area contributed by atoms with Gasteiger partial charge in [0.25, 0.3) is 5.56 Å². The second-order valence-corrected chi connectivity index (χ2v) is 6.31. The Labute approximate surface area is 141 Å². The van der Waals surface area contributed by atoms with E-state index in [0.717, 1.165) is 12.0 Å². The minimum absolute atomic E-state index is 0.00322. The molecule has 120 valence electrons. The Bertz CT molecular complexity index is 847. The molecule has 0 amide bonds. The molecule has 2 aromatic heterocycles. The van der Waals surface area contributed by atoms with Gasteiger partial charge in [-0.15, -0.1) is 5.10 Å². The first-order chi connectivity index (χ1) is 11.2. The lowest BCUT2D eigenvalue weighted by molar-refractivity contribution is 0.190. The molecule has 0 spiro atoms. The predicted octanol–water partition coefficient (Wildman–Crippen LogP) is 2.99. The van der Waals surface area contributed by atoms with Gasteiger partial charge in [-0.05, 0) is 24.1 Å². The van der Waals surface area contributed by atoms with E-state index in [4.69, 9.17) is 16.3 Å². The Morgan fingerprint density at radius 3 is 2.83 bits per heavy atom. The van der Waals surface area contributed by atoms with Gasteiger partial charge < -0.3 is 10.1 Å². The molecule has 3 aromatic rings. The maximum absolute atomic E-state index is 11.8. The van der Waals surface area contributed by atoms with E-state index in [9.17, 15) is 4.79 Å². The Morgan fingerprint density at radius 1 is 1.35 bits per heavy atom. The fourth-order valence-electron chi connectivity index (χ4n) is 2.20.